The van der Waals surface area contributed by atoms with Gasteiger partial charge in [-0.1, -0.05) is 6.07 Å². The van der Waals surface area contributed by atoms with Gasteiger partial charge in [-0.3, -0.25) is 14.4 Å². The number of hydrogen-bond acceptors (Lipinski definition) is 6. The minimum atomic E-state index is -0.910. The fourth-order valence-corrected chi connectivity index (χ4v) is 3.20. The molecule has 9 nitrogen and oxygen atoms in total. The van der Waals surface area contributed by atoms with Crippen LogP contribution in [-0.4, -0.2) is 38.7 Å². The maximum atomic E-state index is 12.2. The summed E-state index contributed by atoms with van der Waals surface area (Å²) in [6, 6.07) is 5.39. The van der Waals surface area contributed by atoms with E-state index in [4.69, 9.17) is 5.11 Å². The molecule has 1 aliphatic rings. The highest BCUT2D eigenvalue weighted by Gasteiger charge is 2.37. The minimum Gasteiger partial charge on any atom is -0.481 e. The van der Waals surface area contributed by atoms with Crippen LogP contribution in [0.25, 0.3) is 11.0 Å². The molecule has 2 heterocycles. The molecule has 0 spiro atoms. The summed E-state index contributed by atoms with van der Waals surface area (Å²) in [7, 11) is 0. The Morgan fingerprint density at radius 2 is 2.00 bits per heavy atom. The number of carbonyl (C=O) groups is 3. The van der Waals surface area contributed by atoms with Gasteiger partial charge in [0.2, 0.25) is 11.8 Å². The van der Waals surface area contributed by atoms with Crippen LogP contribution in [0.4, 0.5) is 0 Å². The third-order valence-electron chi connectivity index (χ3n) is 4.69. The Kier molecular flexibility index (Phi) is 5.15. The number of fused-ring (bicyclic) bond motifs is 1. The van der Waals surface area contributed by atoms with Crippen molar-refractivity contribution in [2.75, 3.05) is 0 Å². The van der Waals surface area contributed by atoms with E-state index in [2.05, 4.69) is 25.6 Å². The molecule has 1 unspecified atom stereocenters. The van der Waals surface area contributed by atoms with Gasteiger partial charge in [0.1, 0.15) is 11.0 Å². The van der Waals surface area contributed by atoms with Crippen LogP contribution in [0.5, 0.6) is 0 Å². The van der Waals surface area contributed by atoms with Crippen molar-refractivity contribution in [3.05, 3.63) is 23.8 Å². The van der Waals surface area contributed by atoms with Crippen LogP contribution in [-0.2, 0) is 20.9 Å². The topological polar surface area (TPSA) is 134 Å². The SMILES string of the molecule is O=C(O)CCC1(CCC(=O)NCc2ccc3nonc3c2)CCC(=O)N1. The molecule has 2 aromatic rings. The van der Waals surface area contributed by atoms with E-state index in [1.165, 1.54) is 0 Å². The molecule has 0 bridgehead atoms. The number of nitrogens with one attached hydrogen (secondary N) is 2. The Morgan fingerprint density at radius 3 is 2.73 bits per heavy atom. The summed E-state index contributed by atoms with van der Waals surface area (Å²) in [4.78, 5) is 34.6. The van der Waals surface area contributed by atoms with E-state index in [1.807, 2.05) is 6.07 Å². The van der Waals surface area contributed by atoms with Crippen LogP contribution in [0, 0.1) is 0 Å². The second-order valence-electron chi connectivity index (χ2n) is 6.59. The zero-order chi connectivity index (χ0) is 18.6. The highest BCUT2D eigenvalue weighted by molar-refractivity contribution is 5.80. The van der Waals surface area contributed by atoms with Gasteiger partial charge < -0.3 is 15.7 Å². The van der Waals surface area contributed by atoms with Crippen molar-refractivity contribution < 1.29 is 24.1 Å². The number of carboxylic acid groups (broad SMARTS) is 1. The van der Waals surface area contributed by atoms with Gasteiger partial charge in [-0.2, -0.15) is 0 Å². The summed E-state index contributed by atoms with van der Waals surface area (Å²) < 4.78 is 4.64. The van der Waals surface area contributed by atoms with Gasteiger partial charge in [-0.25, -0.2) is 4.63 Å². The van der Waals surface area contributed by atoms with Gasteiger partial charge in [0.15, 0.2) is 0 Å². The second kappa shape index (κ2) is 7.51. The number of carbonyl (C=O) groups excluding carboxylic acids is 2. The lowest BCUT2D eigenvalue weighted by Gasteiger charge is -2.28. The molecular formula is C17H20N4O5. The lowest BCUT2D eigenvalue weighted by Crippen LogP contribution is -2.43. The van der Waals surface area contributed by atoms with Gasteiger partial charge >= 0.3 is 5.97 Å². The summed E-state index contributed by atoms with van der Waals surface area (Å²) in [5, 5.41) is 22.1. The molecule has 26 heavy (non-hydrogen) atoms. The van der Waals surface area contributed by atoms with Crippen molar-refractivity contribution in [1.29, 1.82) is 0 Å². The fraction of sp³-hybridized carbons (Fsp3) is 0.471. The van der Waals surface area contributed by atoms with Crippen LogP contribution in [0.1, 0.15) is 44.1 Å². The molecule has 1 aliphatic heterocycles. The first-order chi connectivity index (χ1) is 12.5. The summed E-state index contributed by atoms with van der Waals surface area (Å²) in [5.74, 6) is -1.16. The minimum absolute atomic E-state index is 0.0341. The molecule has 1 aromatic heterocycles. The predicted octanol–water partition coefficient (Wildman–Crippen LogP) is 1.13. The average Bonchev–Trinajstić information content (AvgIpc) is 3.23. The first-order valence-electron chi connectivity index (χ1n) is 8.46. The Labute approximate surface area is 149 Å². The monoisotopic (exact) mass is 360 g/mol. The van der Waals surface area contributed by atoms with E-state index in [1.54, 1.807) is 12.1 Å². The Morgan fingerprint density at radius 1 is 1.23 bits per heavy atom. The van der Waals surface area contributed by atoms with E-state index in [-0.39, 0.29) is 24.7 Å². The molecule has 0 radical (unpaired) electrons. The Balaban J connectivity index is 1.51. The van der Waals surface area contributed by atoms with E-state index < -0.39 is 11.5 Å². The highest BCUT2D eigenvalue weighted by Crippen LogP contribution is 2.30. The van der Waals surface area contributed by atoms with Crippen molar-refractivity contribution in [3.63, 3.8) is 0 Å². The van der Waals surface area contributed by atoms with E-state index >= 15 is 0 Å². The number of amides is 2. The lowest BCUT2D eigenvalue weighted by molar-refractivity contribution is -0.137. The first-order valence-corrected chi connectivity index (χ1v) is 8.46. The Bertz CT molecular complexity index is 833. The van der Waals surface area contributed by atoms with Crippen molar-refractivity contribution >= 4 is 28.8 Å². The Hall–Kier alpha value is -2.97. The molecular weight excluding hydrogens is 340 g/mol. The molecule has 1 saturated heterocycles. The average molecular weight is 360 g/mol. The maximum Gasteiger partial charge on any atom is 0.303 e. The standard InChI is InChI=1S/C17H20N4O5/c22-14(18-10-11-1-2-12-13(9-11)21-26-20-12)3-6-17(8-5-16(24)25)7-4-15(23)19-17/h1-2,9H,3-8,10H2,(H,18,22)(H,19,23)(H,24,25). The number of rotatable bonds is 8. The molecule has 0 aliphatic carbocycles. The summed E-state index contributed by atoms with van der Waals surface area (Å²) in [5.41, 5.74) is 1.55. The number of carboxylic acids is 1. The fourth-order valence-electron chi connectivity index (χ4n) is 3.20. The van der Waals surface area contributed by atoms with Crippen molar-refractivity contribution in [3.8, 4) is 0 Å². The van der Waals surface area contributed by atoms with Crippen LogP contribution in [0.2, 0.25) is 0 Å². The van der Waals surface area contributed by atoms with Gasteiger partial charge in [0.25, 0.3) is 0 Å². The third kappa shape index (κ3) is 4.35. The van der Waals surface area contributed by atoms with Gasteiger partial charge in [-0.05, 0) is 47.3 Å². The smallest absolute Gasteiger partial charge is 0.303 e. The summed E-state index contributed by atoms with van der Waals surface area (Å²) in [6.45, 7) is 0.343. The maximum absolute atomic E-state index is 12.2. The van der Waals surface area contributed by atoms with E-state index in [0.29, 0.717) is 43.3 Å². The number of benzene rings is 1. The third-order valence-corrected chi connectivity index (χ3v) is 4.69. The predicted molar refractivity (Wildman–Crippen MR) is 89.9 cm³/mol. The lowest BCUT2D eigenvalue weighted by atomic mass is 9.86. The van der Waals surface area contributed by atoms with E-state index in [0.717, 1.165) is 5.56 Å². The van der Waals surface area contributed by atoms with Crippen LogP contribution >= 0.6 is 0 Å². The molecule has 2 amide bonds. The molecule has 3 N–H and O–H groups in total. The molecule has 9 heteroatoms. The molecule has 1 atom stereocenters. The number of nitrogens with zero attached hydrogens (tertiary/aromatic N) is 2. The van der Waals surface area contributed by atoms with E-state index in [9.17, 15) is 14.4 Å². The zero-order valence-corrected chi connectivity index (χ0v) is 14.2. The molecule has 3 rings (SSSR count). The van der Waals surface area contributed by atoms with Crippen LogP contribution in [0.3, 0.4) is 0 Å². The zero-order valence-electron chi connectivity index (χ0n) is 14.2. The first kappa shape index (κ1) is 17.8. The molecule has 1 aromatic carbocycles. The number of aliphatic carboxylic acids is 1. The van der Waals surface area contributed by atoms with Crippen LogP contribution in [0.15, 0.2) is 22.8 Å². The van der Waals surface area contributed by atoms with Gasteiger partial charge in [0, 0.05) is 31.3 Å². The summed E-state index contributed by atoms with van der Waals surface area (Å²) in [6.07, 6.45) is 1.86. The van der Waals surface area contributed by atoms with Crippen molar-refractivity contribution in [2.24, 2.45) is 0 Å². The van der Waals surface area contributed by atoms with Crippen LogP contribution < -0.4 is 10.6 Å². The van der Waals surface area contributed by atoms with Gasteiger partial charge in [-0.15, -0.1) is 0 Å². The second-order valence-corrected chi connectivity index (χ2v) is 6.59. The van der Waals surface area contributed by atoms with Gasteiger partial charge in [0.05, 0.1) is 0 Å². The van der Waals surface area contributed by atoms with Crippen molar-refractivity contribution in [2.45, 2.75) is 50.6 Å². The normalized spacial score (nSPS) is 19.5. The van der Waals surface area contributed by atoms with Crippen molar-refractivity contribution in [1.82, 2.24) is 20.9 Å². The quantitative estimate of drug-likeness (QED) is 0.642. The number of hydrogen-bond donors (Lipinski definition) is 3. The molecule has 138 valence electrons. The molecule has 0 saturated carbocycles. The summed E-state index contributed by atoms with van der Waals surface area (Å²) >= 11 is 0. The highest BCUT2D eigenvalue weighted by atomic mass is 16.6. The molecule has 1 fully saturated rings. The largest absolute Gasteiger partial charge is 0.481 e. The number of aromatic nitrogens is 2.